The Hall–Kier alpha value is -3.42. The van der Waals surface area contributed by atoms with Crippen LogP contribution in [0.3, 0.4) is 0 Å². The van der Waals surface area contributed by atoms with Gasteiger partial charge in [0.2, 0.25) is 0 Å². The van der Waals surface area contributed by atoms with Crippen LogP contribution in [0, 0.1) is 0 Å². The summed E-state index contributed by atoms with van der Waals surface area (Å²) in [5, 5.41) is 14.7. The lowest BCUT2D eigenvalue weighted by molar-refractivity contribution is 0.415. The van der Waals surface area contributed by atoms with Gasteiger partial charge < -0.3 is 14.5 Å². The van der Waals surface area contributed by atoms with E-state index in [1.165, 1.54) is 5.69 Å². The van der Waals surface area contributed by atoms with Gasteiger partial charge in [-0.25, -0.2) is 0 Å². The number of fused-ring (bicyclic) bond motifs is 2. The molecule has 3 aromatic heterocycles. The molecule has 4 aromatic rings. The van der Waals surface area contributed by atoms with Gasteiger partial charge in [-0.15, -0.1) is 15.3 Å². The average Bonchev–Trinajstić information content (AvgIpc) is 3.21. The van der Waals surface area contributed by atoms with Crippen LogP contribution in [-0.2, 0) is 0 Å². The van der Waals surface area contributed by atoms with Gasteiger partial charge in [-0.2, -0.15) is 4.52 Å². The highest BCUT2D eigenvalue weighted by Crippen LogP contribution is 2.34. The number of hydrogen-bond acceptors (Lipinski definition) is 7. The second-order valence-corrected chi connectivity index (χ2v) is 7.89. The Bertz CT molecular complexity index is 1190. The fourth-order valence-electron chi connectivity index (χ4n) is 4.18. The second-order valence-electron chi connectivity index (χ2n) is 7.89. The maximum absolute atomic E-state index is 5.42. The number of anilines is 2. The normalized spacial score (nSPS) is 15.1. The number of rotatable bonds is 4. The summed E-state index contributed by atoms with van der Waals surface area (Å²) < 4.78 is 7.33. The standard InChI is InChI=1S/C22H25N7O/c1-27(2)21-7-6-20-24-25-22(29(20)26-21)15-9-12-28(13-10-15)19-8-11-23-18-5-4-16(30-3)14-17(18)19/h4-8,11,14-15H,9-10,12-13H2,1-3H3. The van der Waals surface area contributed by atoms with Crippen LogP contribution >= 0.6 is 0 Å². The number of aromatic nitrogens is 5. The molecule has 5 rings (SSSR count). The Morgan fingerprint density at radius 3 is 2.63 bits per heavy atom. The first-order chi connectivity index (χ1) is 14.6. The number of benzene rings is 1. The van der Waals surface area contributed by atoms with Crippen molar-refractivity contribution in [3.8, 4) is 5.75 Å². The molecule has 1 aliphatic heterocycles. The van der Waals surface area contributed by atoms with Crippen LogP contribution in [0.4, 0.5) is 11.5 Å². The van der Waals surface area contributed by atoms with Crippen molar-refractivity contribution in [3.63, 3.8) is 0 Å². The van der Waals surface area contributed by atoms with E-state index in [9.17, 15) is 0 Å². The zero-order chi connectivity index (χ0) is 20.7. The lowest BCUT2D eigenvalue weighted by Gasteiger charge is -2.33. The topological polar surface area (TPSA) is 71.7 Å². The minimum atomic E-state index is 0.337. The van der Waals surface area contributed by atoms with Crippen LogP contribution in [0.1, 0.15) is 24.6 Å². The summed E-state index contributed by atoms with van der Waals surface area (Å²) in [6.07, 6.45) is 3.89. The van der Waals surface area contributed by atoms with Gasteiger partial charge in [0.15, 0.2) is 11.5 Å². The van der Waals surface area contributed by atoms with Crippen molar-refractivity contribution < 1.29 is 4.74 Å². The first kappa shape index (κ1) is 18.6. The second kappa shape index (κ2) is 7.44. The smallest absolute Gasteiger partial charge is 0.178 e. The maximum Gasteiger partial charge on any atom is 0.178 e. The van der Waals surface area contributed by atoms with E-state index < -0.39 is 0 Å². The molecule has 1 fully saturated rings. The predicted octanol–water partition coefficient (Wildman–Crippen LogP) is 3.13. The van der Waals surface area contributed by atoms with Crippen LogP contribution in [0.15, 0.2) is 42.6 Å². The fraction of sp³-hybridized carbons (Fsp3) is 0.364. The van der Waals surface area contributed by atoms with Crippen molar-refractivity contribution in [2.45, 2.75) is 18.8 Å². The number of ether oxygens (including phenoxy) is 1. The van der Waals surface area contributed by atoms with Gasteiger partial charge in [-0.1, -0.05) is 0 Å². The summed E-state index contributed by atoms with van der Waals surface area (Å²) in [5.41, 5.74) is 2.99. The van der Waals surface area contributed by atoms with E-state index in [1.807, 2.05) is 54.0 Å². The van der Waals surface area contributed by atoms with Crippen LogP contribution in [-0.4, -0.2) is 59.1 Å². The van der Waals surface area contributed by atoms with Crippen molar-refractivity contribution in [2.24, 2.45) is 0 Å². The number of piperidine rings is 1. The highest BCUT2D eigenvalue weighted by molar-refractivity contribution is 5.92. The first-order valence-electron chi connectivity index (χ1n) is 10.2. The zero-order valence-electron chi connectivity index (χ0n) is 17.5. The summed E-state index contributed by atoms with van der Waals surface area (Å²) in [6.45, 7) is 1.90. The average molecular weight is 403 g/mol. The monoisotopic (exact) mass is 403 g/mol. The Balaban J connectivity index is 1.40. The Morgan fingerprint density at radius 2 is 1.87 bits per heavy atom. The SMILES string of the molecule is COc1ccc2nccc(N3CCC(c4nnc5ccc(N(C)C)nn45)CC3)c2c1. The van der Waals surface area contributed by atoms with Gasteiger partial charge in [-0.05, 0) is 49.2 Å². The zero-order valence-corrected chi connectivity index (χ0v) is 17.5. The molecule has 4 heterocycles. The summed E-state index contributed by atoms with van der Waals surface area (Å²) >= 11 is 0. The molecule has 8 nitrogen and oxygen atoms in total. The first-order valence-corrected chi connectivity index (χ1v) is 10.2. The van der Waals surface area contributed by atoms with E-state index in [0.29, 0.717) is 5.92 Å². The lowest BCUT2D eigenvalue weighted by atomic mass is 9.95. The Labute approximate surface area is 175 Å². The molecular weight excluding hydrogens is 378 g/mol. The van der Waals surface area contributed by atoms with Gasteiger partial charge in [0.05, 0.1) is 12.6 Å². The third kappa shape index (κ3) is 3.18. The molecule has 0 N–H and O–H groups in total. The molecular formula is C22H25N7O. The molecule has 0 bridgehead atoms. The molecule has 0 spiro atoms. The molecule has 0 radical (unpaired) electrons. The van der Waals surface area contributed by atoms with Crippen LogP contribution < -0.4 is 14.5 Å². The number of pyridine rings is 1. The molecule has 1 saturated heterocycles. The van der Waals surface area contributed by atoms with E-state index in [4.69, 9.17) is 9.84 Å². The highest BCUT2D eigenvalue weighted by Gasteiger charge is 2.26. The van der Waals surface area contributed by atoms with Crippen LogP contribution in [0.25, 0.3) is 16.6 Å². The van der Waals surface area contributed by atoms with Crippen molar-refractivity contribution in [2.75, 3.05) is 44.1 Å². The molecule has 0 amide bonds. The Kier molecular flexibility index (Phi) is 4.61. The van der Waals surface area contributed by atoms with Crippen molar-refractivity contribution in [1.29, 1.82) is 0 Å². The Morgan fingerprint density at radius 1 is 1.03 bits per heavy atom. The molecule has 0 unspecified atom stereocenters. The van der Waals surface area contributed by atoms with Crippen LogP contribution in [0.2, 0.25) is 0 Å². The summed E-state index contributed by atoms with van der Waals surface area (Å²) in [4.78, 5) is 8.94. The van der Waals surface area contributed by atoms with Gasteiger partial charge in [-0.3, -0.25) is 4.98 Å². The predicted molar refractivity (Wildman–Crippen MR) is 118 cm³/mol. The number of methoxy groups -OCH3 is 1. The van der Waals surface area contributed by atoms with Gasteiger partial charge in [0, 0.05) is 50.4 Å². The lowest BCUT2D eigenvalue weighted by Crippen LogP contribution is -2.33. The molecule has 30 heavy (non-hydrogen) atoms. The minimum Gasteiger partial charge on any atom is -0.497 e. The summed E-state index contributed by atoms with van der Waals surface area (Å²) in [5.74, 6) is 3.04. The third-order valence-electron chi connectivity index (χ3n) is 5.86. The van der Waals surface area contributed by atoms with Gasteiger partial charge in [0.1, 0.15) is 11.6 Å². The quantitative estimate of drug-likeness (QED) is 0.518. The largest absolute Gasteiger partial charge is 0.497 e. The van der Waals surface area contributed by atoms with E-state index in [1.54, 1.807) is 7.11 Å². The fourth-order valence-corrected chi connectivity index (χ4v) is 4.18. The summed E-state index contributed by atoms with van der Waals surface area (Å²) in [7, 11) is 5.68. The molecule has 8 heteroatoms. The molecule has 1 aliphatic rings. The molecule has 154 valence electrons. The molecule has 0 saturated carbocycles. The highest BCUT2D eigenvalue weighted by atomic mass is 16.5. The van der Waals surface area contributed by atoms with E-state index in [2.05, 4.69) is 32.2 Å². The van der Waals surface area contributed by atoms with Crippen molar-refractivity contribution in [1.82, 2.24) is 24.8 Å². The molecule has 0 aliphatic carbocycles. The minimum absolute atomic E-state index is 0.337. The van der Waals surface area contributed by atoms with E-state index in [-0.39, 0.29) is 0 Å². The molecule has 0 atom stereocenters. The van der Waals surface area contributed by atoms with Crippen molar-refractivity contribution >= 4 is 28.1 Å². The number of nitrogens with zero attached hydrogens (tertiary/aromatic N) is 7. The van der Waals surface area contributed by atoms with Gasteiger partial charge in [0.25, 0.3) is 0 Å². The van der Waals surface area contributed by atoms with E-state index in [0.717, 1.165) is 59.9 Å². The molecule has 1 aromatic carbocycles. The van der Waals surface area contributed by atoms with E-state index >= 15 is 0 Å². The van der Waals surface area contributed by atoms with Crippen LogP contribution in [0.5, 0.6) is 5.75 Å². The van der Waals surface area contributed by atoms with Gasteiger partial charge >= 0.3 is 0 Å². The third-order valence-corrected chi connectivity index (χ3v) is 5.86. The summed E-state index contributed by atoms with van der Waals surface area (Å²) in [6, 6.07) is 12.1. The number of hydrogen-bond donors (Lipinski definition) is 0. The maximum atomic E-state index is 5.42. The van der Waals surface area contributed by atoms with Crippen molar-refractivity contribution in [3.05, 3.63) is 48.4 Å².